The lowest BCUT2D eigenvalue weighted by atomic mass is 9.86. The summed E-state index contributed by atoms with van der Waals surface area (Å²) in [6.07, 6.45) is 6.81. The van der Waals surface area contributed by atoms with Gasteiger partial charge in [0, 0.05) is 12.1 Å². The maximum Gasteiger partial charge on any atom is 0.320 e. The lowest BCUT2D eigenvalue weighted by Gasteiger charge is -2.37. The molecule has 0 aliphatic heterocycles. The van der Waals surface area contributed by atoms with Crippen LogP contribution in [0.1, 0.15) is 52.4 Å². The molecule has 2 rings (SSSR count). The van der Waals surface area contributed by atoms with Crippen LogP contribution < -0.4 is 0 Å². The van der Waals surface area contributed by atoms with Crippen LogP contribution in [0.2, 0.25) is 0 Å². The molecule has 0 spiro atoms. The van der Waals surface area contributed by atoms with Gasteiger partial charge in [0.1, 0.15) is 6.04 Å². The van der Waals surface area contributed by atoms with Crippen LogP contribution in [0, 0.1) is 5.92 Å². The number of likely N-dealkylation sites (N-methyl/N-ethyl adjacent to an activating group) is 1. The zero-order valence-corrected chi connectivity index (χ0v) is 13.4. The molecule has 0 aromatic carbocycles. The van der Waals surface area contributed by atoms with Crippen molar-refractivity contribution in [1.29, 1.82) is 0 Å². The van der Waals surface area contributed by atoms with Gasteiger partial charge in [-0.2, -0.15) is 0 Å². The van der Waals surface area contributed by atoms with Gasteiger partial charge in [0.25, 0.3) is 0 Å². The molecule has 2 fully saturated rings. The van der Waals surface area contributed by atoms with Crippen molar-refractivity contribution < 1.29 is 14.7 Å². The predicted octanol–water partition coefficient (Wildman–Crippen LogP) is 1.96. The molecule has 120 valence electrons. The van der Waals surface area contributed by atoms with E-state index >= 15 is 0 Å². The van der Waals surface area contributed by atoms with Gasteiger partial charge < -0.3 is 10.0 Å². The summed E-state index contributed by atoms with van der Waals surface area (Å²) in [6.45, 7) is 4.11. The molecule has 1 N–H and O–H groups in total. The van der Waals surface area contributed by atoms with E-state index in [4.69, 9.17) is 5.11 Å². The van der Waals surface area contributed by atoms with E-state index in [-0.39, 0.29) is 12.5 Å². The van der Waals surface area contributed by atoms with Gasteiger partial charge in [-0.15, -0.1) is 0 Å². The molecular formula is C16H28N2O3. The van der Waals surface area contributed by atoms with Crippen molar-refractivity contribution in [3.8, 4) is 0 Å². The molecule has 0 aromatic heterocycles. The number of rotatable bonds is 6. The van der Waals surface area contributed by atoms with Gasteiger partial charge in [-0.05, 0) is 58.4 Å². The first kappa shape index (κ1) is 16.3. The summed E-state index contributed by atoms with van der Waals surface area (Å²) < 4.78 is 0. The van der Waals surface area contributed by atoms with E-state index in [0.29, 0.717) is 12.1 Å². The van der Waals surface area contributed by atoms with Gasteiger partial charge in [-0.25, -0.2) is 0 Å². The Bertz CT molecular complexity index is 387. The van der Waals surface area contributed by atoms with Crippen LogP contribution in [0.15, 0.2) is 0 Å². The van der Waals surface area contributed by atoms with E-state index in [2.05, 4.69) is 11.8 Å². The minimum Gasteiger partial charge on any atom is -0.480 e. The lowest BCUT2D eigenvalue weighted by Crippen LogP contribution is -2.49. The standard InChI is InChI=1S/C16H28N2O3/c1-11-4-6-13(7-5-11)18(14-8-9-14)15(19)10-17(3)12(2)16(20)21/h11-14H,4-10H2,1-3H3,(H,20,21). The third-order valence-electron chi connectivity index (χ3n) is 5.01. The molecule has 21 heavy (non-hydrogen) atoms. The SMILES string of the molecule is CC1CCC(N(C(=O)CN(C)C(C)C(=O)O)C2CC2)CC1. The van der Waals surface area contributed by atoms with E-state index in [1.165, 1.54) is 12.8 Å². The second-order valence-electron chi connectivity index (χ2n) is 6.88. The van der Waals surface area contributed by atoms with Crippen LogP contribution in [0.5, 0.6) is 0 Å². The highest BCUT2D eigenvalue weighted by atomic mass is 16.4. The Hall–Kier alpha value is -1.10. The van der Waals surface area contributed by atoms with Crippen molar-refractivity contribution in [3.63, 3.8) is 0 Å². The van der Waals surface area contributed by atoms with Gasteiger partial charge in [-0.1, -0.05) is 6.92 Å². The highest BCUT2D eigenvalue weighted by molar-refractivity contribution is 5.80. The van der Waals surface area contributed by atoms with Crippen LogP contribution in [0.4, 0.5) is 0 Å². The van der Waals surface area contributed by atoms with E-state index < -0.39 is 12.0 Å². The molecule has 1 unspecified atom stereocenters. The molecule has 0 saturated heterocycles. The summed E-state index contributed by atoms with van der Waals surface area (Å²) in [7, 11) is 1.71. The monoisotopic (exact) mass is 296 g/mol. The second kappa shape index (κ2) is 6.77. The first-order valence-electron chi connectivity index (χ1n) is 8.14. The largest absolute Gasteiger partial charge is 0.480 e. The fourth-order valence-corrected chi connectivity index (χ4v) is 3.20. The van der Waals surface area contributed by atoms with Gasteiger partial charge >= 0.3 is 5.97 Å². The lowest BCUT2D eigenvalue weighted by molar-refractivity contribution is -0.144. The number of carboxylic acids is 1. The third kappa shape index (κ3) is 4.19. The fraction of sp³-hybridized carbons (Fsp3) is 0.875. The Kier molecular flexibility index (Phi) is 5.25. The van der Waals surface area contributed by atoms with Crippen molar-refractivity contribution in [2.45, 2.75) is 70.5 Å². The van der Waals surface area contributed by atoms with Gasteiger partial charge in [0.05, 0.1) is 6.54 Å². The summed E-state index contributed by atoms with van der Waals surface area (Å²) in [4.78, 5) is 27.4. The second-order valence-corrected chi connectivity index (χ2v) is 6.88. The topological polar surface area (TPSA) is 60.9 Å². The number of hydrogen-bond acceptors (Lipinski definition) is 3. The molecule has 0 heterocycles. The summed E-state index contributed by atoms with van der Waals surface area (Å²) in [6, 6.07) is 0.153. The highest BCUT2D eigenvalue weighted by Gasteiger charge is 2.38. The highest BCUT2D eigenvalue weighted by Crippen LogP contribution is 2.35. The Labute approximate surface area is 127 Å². The average Bonchev–Trinajstić information content (AvgIpc) is 3.24. The van der Waals surface area contributed by atoms with E-state index in [1.54, 1.807) is 18.9 Å². The number of carbonyl (C=O) groups is 2. The van der Waals surface area contributed by atoms with Crippen LogP contribution in [0.3, 0.4) is 0 Å². The number of hydrogen-bond donors (Lipinski definition) is 1. The Balaban J connectivity index is 1.95. The Morgan fingerprint density at radius 3 is 2.00 bits per heavy atom. The van der Waals surface area contributed by atoms with E-state index in [0.717, 1.165) is 31.6 Å². The number of carboxylic acid groups (broad SMARTS) is 1. The molecule has 0 aromatic rings. The quantitative estimate of drug-likeness (QED) is 0.814. The molecular weight excluding hydrogens is 268 g/mol. The van der Waals surface area contributed by atoms with Crippen LogP contribution in [-0.2, 0) is 9.59 Å². The molecule has 0 bridgehead atoms. The van der Waals surface area contributed by atoms with E-state index in [9.17, 15) is 9.59 Å². The number of amides is 1. The average molecular weight is 296 g/mol. The maximum absolute atomic E-state index is 12.6. The molecule has 2 aliphatic carbocycles. The third-order valence-corrected chi connectivity index (χ3v) is 5.01. The van der Waals surface area contributed by atoms with E-state index in [1.807, 2.05) is 0 Å². The summed E-state index contributed by atoms with van der Waals surface area (Å²) in [5, 5.41) is 9.04. The zero-order chi connectivity index (χ0) is 15.6. The molecule has 5 nitrogen and oxygen atoms in total. The molecule has 5 heteroatoms. The van der Waals surface area contributed by atoms with Gasteiger partial charge in [0.15, 0.2) is 0 Å². The van der Waals surface area contributed by atoms with Crippen LogP contribution in [-0.4, -0.2) is 58.5 Å². The van der Waals surface area contributed by atoms with Crippen molar-refractivity contribution in [2.24, 2.45) is 5.92 Å². The van der Waals surface area contributed by atoms with Crippen molar-refractivity contribution in [3.05, 3.63) is 0 Å². The summed E-state index contributed by atoms with van der Waals surface area (Å²) in [5.74, 6) is -0.00507. The number of nitrogens with zero attached hydrogens (tertiary/aromatic N) is 2. The molecule has 2 aliphatic rings. The Morgan fingerprint density at radius 2 is 1.57 bits per heavy atom. The molecule has 0 radical (unpaired) electrons. The summed E-state index contributed by atoms with van der Waals surface area (Å²) in [5.41, 5.74) is 0. The van der Waals surface area contributed by atoms with Gasteiger partial charge in [-0.3, -0.25) is 14.5 Å². The molecule has 2 saturated carbocycles. The minimum atomic E-state index is -0.880. The zero-order valence-electron chi connectivity index (χ0n) is 13.4. The van der Waals surface area contributed by atoms with Crippen molar-refractivity contribution >= 4 is 11.9 Å². The maximum atomic E-state index is 12.6. The first-order chi connectivity index (χ1) is 9.90. The summed E-state index contributed by atoms with van der Waals surface area (Å²) >= 11 is 0. The van der Waals surface area contributed by atoms with Crippen molar-refractivity contribution in [1.82, 2.24) is 9.80 Å². The van der Waals surface area contributed by atoms with Crippen LogP contribution in [0.25, 0.3) is 0 Å². The fourth-order valence-electron chi connectivity index (χ4n) is 3.20. The first-order valence-corrected chi connectivity index (χ1v) is 8.14. The Morgan fingerprint density at radius 1 is 1.10 bits per heavy atom. The normalized spacial score (nSPS) is 27.4. The predicted molar refractivity (Wildman–Crippen MR) is 81.0 cm³/mol. The minimum absolute atomic E-state index is 0.104. The number of aliphatic carboxylic acids is 1. The van der Waals surface area contributed by atoms with Crippen molar-refractivity contribution in [2.75, 3.05) is 13.6 Å². The molecule has 1 atom stereocenters. The van der Waals surface area contributed by atoms with Gasteiger partial charge in [0.2, 0.25) is 5.91 Å². The molecule has 1 amide bonds. The van der Waals surface area contributed by atoms with Crippen LogP contribution >= 0.6 is 0 Å². The smallest absolute Gasteiger partial charge is 0.320 e. The number of carbonyl (C=O) groups excluding carboxylic acids is 1.